The van der Waals surface area contributed by atoms with Gasteiger partial charge >= 0.3 is 0 Å². The van der Waals surface area contributed by atoms with Crippen molar-refractivity contribution in [3.63, 3.8) is 0 Å². The molecule has 2 bridgehead atoms. The number of amides is 1. The number of para-hydroxylation sites is 2. The van der Waals surface area contributed by atoms with Gasteiger partial charge in [-0.1, -0.05) is 36.4 Å². The smallest absolute Gasteiger partial charge is 0.240 e. The van der Waals surface area contributed by atoms with Crippen LogP contribution in [0.4, 0.5) is 0 Å². The number of carbonyl (C=O) groups excluding carboxylic acids is 1. The Hall–Kier alpha value is -2.79. The third kappa shape index (κ3) is 2.00. The number of aromatic amines is 1. The number of benzene rings is 2. The lowest BCUT2D eigenvalue weighted by atomic mass is 9.82. The zero-order chi connectivity index (χ0) is 18.0. The molecular formula is C22H21N3O2. The summed E-state index contributed by atoms with van der Waals surface area (Å²) in [6.07, 6.45) is 2.65. The maximum atomic E-state index is 13.1. The molecule has 3 aromatic rings. The quantitative estimate of drug-likeness (QED) is 0.740. The Balaban J connectivity index is 1.61. The van der Waals surface area contributed by atoms with Crippen molar-refractivity contribution in [3.05, 3.63) is 65.9 Å². The van der Waals surface area contributed by atoms with Gasteiger partial charge in [0.15, 0.2) is 0 Å². The molecule has 2 saturated heterocycles. The number of carbonyl (C=O) groups is 1. The number of hydrogen-bond acceptors (Lipinski definition) is 3. The van der Waals surface area contributed by atoms with Gasteiger partial charge in [0.1, 0.15) is 5.75 Å². The van der Waals surface area contributed by atoms with Gasteiger partial charge in [-0.3, -0.25) is 10.1 Å². The second kappa shape index (κ2) is 5.36. The van der Waals surface area contributed by atoms with Crippen LogP contribution in [0.2, 0.25) is 0 Å². The molecular weight excluding hydrogens is 338 g/mol. The van der Waals surface area contributed by atoms with Gasteiger partial charge in [-0.25, -0.2) is 0 Å². The third-order valence-corrected chi connectivity index (χ3v) is 6.31. The van der Waals surface area contributed by atoms with Crippen LogP contribution in [0.15, 0.2) is 54.6 Å². The van der Waals surface area contributed by atoms with Gasteiger partial charge in [0, 0.05) is 17.4 Å². The fourth-order valence-electron chi connectivity index (χ4n) is 5.20. The average Bonchev–Trinajstić information content (AvgIpc) is 3.33. The Labute approximate surface area is 157 Å². The molecule has 3 aliphatic rings. The zero-order valence-electron chi connectivity index (χ0n) is 14.9. The first-order valence-corrected chi connectivity index (χ1v) is 9.68. The number of rotatable bonds is 2. The Morgan fingerprint density at radius 1 is 1.07 bits per heavy atom. The third-order valence-electron chi connectivity index (χ3n) is 6.31. The second-order valence-electron chi connectivity index (χ2n) is 7.77. The van der Waals surface area contributed by atoms with Crippen LogP contribution < -0.4 is 10.1 Å². The first kappa shape index (κ1) is 15.3. The van der Waals surface area contributed by atoms with Crippen molar-refractivity contribution < 1.29 is 9.53 Å². The number of nitrogens with zero attached hydrogens (tertiary/aromatic N) is 1. The van der Waals surface area contributed by atoms with Crippen molar-refractivity contribution in [2.45, 2.75) is 37.1 Å². The number of H-pyrrole nitrogens is 1. The molecule has 0 aliphatic carbocycles. The monoisotopic (exact) mass is 359 g/mol. The SMILES string of the molecule is O=C1[C@H]2Cc3c([nH]c4ccccc34)[C@](Oc3ccccc3)(N2)[C@@H]2CCCN12. The standard InChI is InChI=1S/C22H21N3O2/c26-21-18-13-16-15-9-4-5-10-17(15)23-20(16)22(24-18,19-11-6-12-25(19)21)27-14-7-2-1-3-8-14/h1-5,7-10,18-19,23-24H,6,11-13H2/t18-,19+,22+/m1/s1. The molecule has 6 rings (SSSR count). The van der Waals surface area contributed by atoms with Crippen LogP contribution in [0, 0.1) is 0 Å². The number of piperazine rings is 1. The van der Waals surface area contributed by atoms with E-state index >= 15 is 0 Å². The molecule has 1 aromatic heterocycles. The number of aromatic nitrogens is 1. The minimum Gasteiger partial charge on any atom is -0.465 e. The summed E-state index contributed by atoms with van der Waals surface area (Å²) in [4.78, 5) is 18.8. The lowest BCUT2D eigenvalue weighted by Gasteiger charge is -2.52. The second-order valence-corrected chi connectivity index (χ2v) is 7.77. The number of fused-ring (bicyclic) bond motifs is 8. The van der Waals surface area contributed by atoms with E-state index in [0.717, 1.165) is 36.3 Å². The minimum absolute atomic E-state index is 0.00596. The first-order chi connectivity index (χ1) is 13.3. The van der Waals surface area contributed by atoms with E-state index in [9.17, 15) is 4.79 Å². The Kier molecular flexibility index (Phi) is 3.04. The first-order valence-electron chi connectivity index (χ1n) is 9.68. The van der Waals surface area contributed by atoms with Crippen molar-refractivity contribution in [2.24, 2.45) is 0 Å². The van der Waals surface area contributed by atoms with Gasteiger partial charge in [0.25, 0.3) is 0 Å². The van der Waals surface area contributed by atoms with E-state index in [2.05, 4.69) is 28.5 Å². The highest BCUT2D eigenvalue weighted by Gasteiger charge is 2.59. The molecule has 1 amide bonds. The van der Waals surface area contributed by atoms with E-state index < -0.39 is 5.72 Å². The maximum absolute atomic E-state index is 13.1. The Morgan fingerprint density at radius 3 is 2.78 bits per heavy atom. The van der Waals surface area contributed by atoms with Gasteiger partial charge in [-0.05, 0) is 43.0 Å². The molecule has 0 spiro atoms. The minimum atomic E-state index is -0.733. The van der Waals surface area contributed by atoms with Crippen LogP contribution in [0.25, 0.3) is 10.9 Å². The summed E-state index contributed by atoms with van der Waals surface area (Å²) in [6, 6.07) is 18.0. The molecule has 2 fully saturated rings. The molecule has 2 N–H and O–H groups in total. The molecule has 2 aromatic carbocycles. The number of ether oxygens (including phenoxy) is 1. The predicted molar refractivity (Wildman–Crippen MR) is 102 cm³/mol. The van der Waals surface area contributed by atoms with Crippen molar-refractivity contribution in [1.29, 1.82) is 0 Å². The van der Waals surface area contributed by atoms with Crippen LogP contribution >= 0.6 is 0 Å². The highest BCUT2D eigenvalue weighted by atomic mass is 16.5. The average molecular weight is 359 g/mol. The van der Waals surface area contributed by atoms with Gasteiger partial charge in [-0.15, -0.1) is 0 Å². The Bertz CT molecular complexity index is 1040. The van der Waals surface area contributed by atoms with Gasteiger partial charge in [0.2, 0.25) is 11.6 Å². The molecule has 3 atom stereocenters. The summed E-state index contributed by atoms with van der Waals surface area (Å²) in [6.45, 7) is 0.817. The van der Waals surface area contributed by atoms with E-state index in [1.54, 1.807) is 0 Å². The molecule has 5 heteroatoms. The fourth-order valence-corrected chi connectivity index (χ4v) is 5.20. The van der Waals surface area contributed by atoms with Crippen LogP contribution in [0.5, 0.6) is 5.75 Å². The summed E-state index contributed by atoms with van der Waals surface area (Å²) >= 11 is 0. The van der Waals surface area contributed by atoms with E-state index in [1.165, 1.54) is 10.9 Å². The molecule has 0 unspecified atom stereocenters. The molecule has 136 valence electrons. The van der Waals surface area contributed by atoms with Crippen molar-refractivity contribution in [2.75, 3.05) is 6.54 Å². The van der Waals surface area contributed by atoms with Crippen molar-refractivity contribution >= 4 is 16.8 Å². The molecule has 0 radical (unpaired) electrons. The number of nitrogens with one attached hydrogen (secondary N) is 2. The van der Waals surface area contributed by atoms with Crippen LogP contribution in [-0.4, -0.2) is 34.4 Å². The normalized spacial score (nSPS) is 28.9. The van der Waals surface area contributed by atoms with Crippen LogP contribution in [0.3, 0.4) is 0 Å². The highest BCUT2D eigenvalue weighted by Crippen LogP contribution is 2.46. The highest BCUT2D eigenvalue weighted by molar-refractivity contribution is 5.90. The van der Waals surface area contributed by atoms with Crippen molar-refractivity contribution in [1.82, 2.24) is 15.2 Å². The molecule has 27 heavy (non-hydrogen) atoms. The van der Waals surface area contributed by atoms with Crippen LogP contribution in [-0.2, 0) is 16.9 Å². The van der Waals surface area contributed by atoms with E-state index in [1.807, 2.05) is 41.3 Å². The summed E-state index contributed by atoms with van der Waals surface area (Å²) in [5.41, 5.74) is 2.66. The van der Waals surface area contributed by atoms with E-state index in [-0.39, 0.29) is 18.0 Å². The summed E-state index contributed by atoms with van der Waals surface area (Å²) in [5, 5.41) is 4.80. The Morgan fingerprint density at radius 2 is 1.89 bits per heavy atom. The van der Waals surface area contributed by atoms with Crippen molar-refractivity contribution in [3.8, 4) is 5.75 Å². The predicted octanol–water partition coefficient (Wildman–Crippen LogP) is 2.92. The molecule has 4 heterocycles. The van der Waals surface area contributed by atoms with Gasteiger partial charge < -0.3 is 14.6 Å². The zero-order valence-corrected chi connectivity index (χ0v) is 14.9. The molecule has 3 aliphatic heterocycles. The largest absolute Gasteiger partial charge is 0.465 e. The topological polar surface area (TPSA) is 57.4 Å². The summed E-state index contributed by atoms with van der Waals surface area (Å²) < 4.78 is 6.70. The van der Waals surface area contributed by atoms with E-state index in [4.69, 9.17) is 4.74 Å². The van der Waals surface area contributed by atoms with E-state index in [0.29, 0.717) is 6.42 Å². The number of hydrogen-bond donors (Lipinski definition) is 2. The summed E-state index contributed by atoms with van der Waals surface area (Å²) in [5.74, 6) is 1.03. The fraction of sp³-hybridized carbons (Fsp3) is 0.318. The van der Waals surface area contributed by atoms with Gasteiger partial charge in [-0.2, -0.15) is 0 Å². The maximum Gasteiger partial charge on any atom is 0.240 e. The lowest BCUT2D eigenvalue weighted by molar-refractivity contribution is -0.157. The lowest BCUT2D eigenvalue weighted by Crippen LogP contribution is -2.73. The molecule has 5 nitrogen and oxygen atoms in total. The van der Waals surface area contributed by atoms with Gasteiger partial charge in [0.05, 0.1) is 17.8 Å². The van der Waals surface area contributed by atoms with Crippen LogP contribution in [0.1, 0.15) is 24.1 Å². The molecule has 0 saturated carbocycles. The summed E-state index contributed by atoms with van der Waals surface area (Å²) in [7, 11) is 0.